The van der Waals surface area contributed by atoms with Crippen molar-refractivity contribution in [2.75, 3.05) is 7.11 Å². The van der Waals surface area contributed by atoms with Crippen LogP contribution in [-0.2, 0) is 0 Å². The van der Waals surface area contributed by atoms with Crippen LogP contribution in [0.2, 0.25) is 0 Å². The van der Waals surface area contributed by atoms with Gasteiger partial charge in [0, 0.05) is 0 Å². The average Bonchev–Trinajstić information content (AvgIpc) is 2.56. The third-order valence-corrected chi connectivity index (χ3v) is 3.48. The molecule has 0 saturated carbocycles. The van der Waals surface area contributed by atoms with Crippen LogP contribution >= 0.6 is 0 Å². The fourth-order valence-corrected chi connectivity index (χ4v) is 2.33. The molecular weight excluding hydrogens is 263 g/mol. The van der Waals surface area contributed by atoms with E-state index in [1.54, 1.807) is 6.07 Å². The molecule has 0 aliphatic heterocycles. The Balaban J connectivity index is 1.92. The fourth-order valence-electron chi connectivity index (χ4n) is 2.33. The van der Waals surface area contributed by atoms with Crippen LogP contribution < -0.4 is 4.74 Å². The van der Waals surface area contributed by atoms with E-state index in [1.807, 2.05) is 48.5 Å². The monoisotopic (exact) mass is 278 g/mol. The molecule has 1 nitrogen and oxygen atoms in total. The van der Waals surface area contributed by atoms with Gasteiger partial charge in [0.15, 0.2) is 11.6 Å². The highest BCUT2D eigenvalue weighted by atomic mass is 19.1. The van der Waals surface area contributed by atoms with Crippen LogP contribution in [0.4, 0.5) is 4.39 Å². The summed E-state index contributed by atoms with van der Waals surface area (Å²) in [5.41, 5.74) is 4.14. The lowest BCUT2D eigenvalue weighted by Gasteiger charge is -2.07. The van der Waals surface area contributed by atoms with E-state index in [0.717, 1.165) is 16.7 Å². The van der Waals surface area contributed by atoms with E-state index in [4.69, 9.17) is 4.74 Å². The van der Waals surface area contributed by atoms with Gasteiger partial charge in [-0.1, -0.05) is 60.7 Å². The summed E-state index contributed by atoms with van der Waals surface area (Å²) in [6.45, 7) is 0. The molecule has 0 radical (unpaired) electrons. The quantitative estimate of drug-likeness (QED) is 0.642. The van der Waals surface area contributed by atoms with Gasteiger partial charge in [0.1, 0.15) is 0 Å². The first kappa shape index (κ1) is 13.4. The van der Waals surface area contributed by atoms with Crippen LogP contribution in [0.3, 0.4) is 0 Å². The summed E-state index contributed by atoms with van der Waals surface area (Å²) in [6, 6.07) is 23.3. The molecule has 21 heavy (non-hydrogen) atoms. The molecule has 0 aromatic heterocycles. The minimum absolute atomic E-state index is 0.264. The minimum Gasteiger partial charge on any atom is -0.494 e. The van der Waals surface area contributed by atoms with Crippen LogP contribution in [0.1, 0.15) is 0 Å². The van der Waals surface area contributed by atoms with Gasteiger partial charge in [-0.15, -0.1) is 0 Å². The normalized spacial score (nSPS) is 10.4. The number of rotatable bonds is 3. The first-order chi connectivity index (χ1) is 10.3. The topological polar surface area (TPSA) is 9.23 Å². The van der Waals surface area contributed by atoms with Crippen molar-refractivity contribution in [3.8, 4) is 28.0 Å². The zero-order valence-corrected chi connectivity index (χ0v) is 11.7. The van der Waals surface area contributed by atoms with Crippen molar-refractivity contribution in [3.05, 3.63) is 78.6 Å². The molecule has 2 heteroatoms. The molecule has 0 atom stereocenters. The molecule has 0 amide bonds. The van der Waals surface area contributed by atoms with Crippen molar-refractivity contribution >= 4 is 0 Å². The van der Waals surface area contributed by atoms with E-state index < -0.39 is 0 Å². The lowest BCUT2D eigenvalue weighted by atomic mass is 10.0. The molecule has 0 N–H and O–H groups in total. The van der Waals surface area contributed by atoms with E-state index in [1.165, 1.54) is 18.7 Å². The van der Waals surface area contributed by atoms with Gasteiger partial charge in [0.05, 0.1) is 7.11 Å². The van der Waals surface area contributed by atoms with Gasteiger partial charge in [-0.2, -0.15) is 0 Å². The van der Waals surface area contributed by atoms with E-state index in [9.17, 15) is 4.39 Å². The third kappa shape index (κ3) is 2.79. The fraction of sp³-hybridized carbons (Fsp3) is 0.0526. The first-order valence-corrected chi connectivity index (χ1v) is 6.77. The number of benzene rings is 3. The second-order valence-electron chi connectivity index (χ2n) is 4.79. The van der Waals surface area contributed by atoms with Gasteiger partial charge in [-0.3, -0.25) is 0 Å². The molecule has 0 heterocycles. The Hall–Kier alpha value is -2.61. The molecular formula is C19H15FO. The zero-order valence-electron chi connectivity index (χ0n) is 11.7. The van der Waals surface area contributed by atoms with Crippen LogP contribution in [0.25, 0.3) is 22.3 Å². The van der Waals surface area contributed by atoms with Crippen molar-refractivity contribution in [1.82, 2.24) is 0 Å². The van der Waals surface area contributed by atoms with Crippen molar-refractivity contribution in [2.45, 2.75) is 0 Å². The minimum atomic E-state index is -0.345. The van der Waals surface area contributed by atoms with Crippen molar-refractivity contribution in [3.63, 3.8) is 0 Å². The third-order valence-electron chi connectivity index (χ3n) is 3.48. The van der Waals surface area contributed by atoms with Crippen molar-refractivity contribution in [1.29, 1.82) is 0 Å². The molecule has 0 fully saturated rings. The molecule has 104 valence electrons. The summed E-state index contributed by atoms with van der Waals surface area (Å²) in [7, 11) is 1.47. The number of ether oxygens (including phenoxy) is 1. The van der Waals surface area contributed by atoms with Crippen molar-refractivity contribution in [2.24, 2.45) is 0 Å². The Morgan fingerprint density at radius 3 is 1.76 bits per heavy atom. The largest absolute Gasteiger partial charge is 0.494 e. The highest BCUT2D eigenvalue weighted by molar-refractivity contribution is 5.70. The standard InChI is InChI=1S/C19H15FO/c1-21-19-12-11-17(13-18(19)20)16-9-7-15(8-10-16)14-5-3-2-4-6-14/h2-13H,1H3. The lowest BCUT2D eigenvalue weighted by molar-refractivity contribution is 0.386. The number of hydrogen-bond donors (Lipinski definition) is 0. The Morgan fingerprint density at radius 2 is 1.19 bits per heavy atom. The second kappa shape index (κ2) is 5.80. The summed E-state index contributed by atoms with van der Waals surface area (Å²) < 4.78 is 18.7. The van der Waals surface area contributed by atoms with E-state index in [0.29, 0.717) is 0 Å². The highest BCUT2D eigenvalue weighted by Crippen LogP contribution is 2.27. The van der Waals surface area contributed by atoms with E-state index >= 15 is 0 Å². The second-order valence-corrected chi connectivity index (χ2v) is 4.79. The molecule has 3 aromatic carbocycles. The number of halogens is 1. The first-order valence-electron chi connectivity index (χ1n) is 6.77. The number of methoxy groups -OCH3 is 1. The van der Waals surface area contributed by atoms with E-state index in [-0.39, 0.29) is 11.6 Å². The molecule has 3 aromatic rings. The zero-order chi connectivity index (χ0) is 14.7. The van der Waals surface area contributed by atoms with Crippen LogP contribution in [0.15, 0.2) is 72.8 Å². The maximum Gasteiger partial charge on any atom is 0.165 e. The smallest absolute Gasteiger partial charge is 0.165 e. The van der Waals surface area contributed by atoms with Gasteiger partial charge in [0.2, 0.25) is 0 Å². The Morgan fingerprint density at radius 1 is 0.667 bits per heavy atom. The molecule has 0 aliphatic carbocycles. The highest BCUT2D eigenvalue weighted by Gasteiger charge is 2.05. The predicted molar refractivity (Wildman–Crippen MR) is 83.8 cm³/mol. The SMILES string of the molecule is COc1ccc(-c2ccc(-c3ccccc3)cc2)cc1F. The molecule has 0 unspecified atom stereocenters. The Labute approximate surface area is 123 Å². The summed E-state index contributed by atoms with van der Waals surface area (Å²) in [5, 5.41) is 0. The summed E-state index contributed by atoms with van der Waals surface area (Å²) >= 11 is 0. The maximum absolute atomic E-state index is 13.8. The molecule has 0 saturated heterocycles. The van der Waals surface area contributed by atoms with Gasteiger partial charge in [-0.05, 0) is 34.4 Å². The molecule has 0 spiro atoms. The van der Waals surface area contributed by atoms with Gasteiger partial charge < -0.3 is 4.74 Å². The molecule has 3 rings (SSSR count). The summed E-state index contributed by atoms with van der Waals surface area (Å²) in [4.78, 5) is 0. The summed E-state index contributed by atoms with van der Waals surface area (Å²) in [5.74, 6) is -0.0817. The van der Waals surface area contributed by atoms with Crippen LogP contribution in [0.5, 0.6) is 5.75 Å². The number of hydrogen-bond acceptors (Lipinski definition) is 1. The van der Waals surface area contributed by atoms with Gasteiger partial charge in [-0.25, -0.2) is 4.39 Å². The predicted octanol–water partition coefficient (Wildman–Crippen LogP) is 5.17. The van der Waals surface area contributed by atoms with E-state index in [2.05, 4.69) is 12.1 Å². The van der Waals surface area contributed by atoms with Crippen LogP contribution in [0, 0.1) is 5.82 Å². The van der Waals surface area contributed by atoms with Gasteiger partial charge >= 0.3 is 0 Å². The summed E-state index contributed by atoms with van der Waals surface area (Å²) in [6.07, 6.45) is 0. The Kier molecular flexibility index (Phi) is 3.69. The van der Waals surface area contributed by atoms with Gasteiger partial charge in [0.25, 0.3) is 0 Å². The average molecular weight is 278 g/mol. The van der Waals surface area contributed by atoms with Crippen molar-refractivity contribution < 1.29 is 9.13 Å². The molecule has 0 aliphatic rings. The maximum atomic E-state index is 13.8. The molecule has 0 bridgehead atoms. The Bertz CT molecular complexity index is 733. The van der Waals surface area contributed by atoms with Crippen LogP contribution in [-0.4, -0.2) is 7.11 Å². The lowest BCUT2D eigenvalue weighted by Crippen LogP contribution is -1.88.